The van der Waals surface area contributed by atoms with Crippen LogP contribution in [0.4, 0.5) is 0 Å². The Hall–Kier alpha value is -1.25. The summed E-state index contributed by atoms with van der Waals surface area (Å²) in [5.41, 5.74) is 3.46. The summed E-state index contributed by atoms with van der Waals surface area (Å²) in [5.74, 6) is 0. The van der Waals surface area contributed by atoms with Gasteiger partial charge in [0.15, 0.2) is 0 Å². The number of thiocarbonyl (C=S) groups is 1. The first kappa shape index (κ1) is 13.2. The van der Waals surface area contributed by atoms with Crippen LogP contribution >= 0.6 is 28.1 Å². The Labute approximate surface area is 121 Å². The Morgan fingerprint density at radius 3 is 2.50 bits per heavy atom. The Kier molecular flexibility index (Phi) is 4.45. The summed E-state index contributed by atoms with van der Waals surface area (Å²) in [6.45, 7) is 2.08. The normalized spacial score (nSPS) is 10.8. The zero-order chi connectivity index (χ0) is 13.0. The van der Waals surface area contributed by atoms with Crippen molar-refractivity contribution in [2.24, 2.45) is 0 Å². The summed E-state index contributed by atoms with van der Waals surface area (Å²) < 4.78 is 1.12. The SMILES string of the molecule is Cc1ccc(C=CC(=S)c2ccccc2)cc1Br. The highest BCUT2D eigenvalue weighted by molar-refractivity contribution is 9.10. The summed E-state index contributed by atoms with van der Waals surface area (Å²) in [6.07, 6.45) is 4.02. The highest BCUT2D eigenvalue weighted by Crippen LogP contribution is 2.18. The van der Waals surface area contributed by atoms with Gasteiger partial charge >= 0.3 is 0 Å². The van der Waals surface area contributed by atoms with Gasteiger partial charge in [-0.3, -0.25) is 0 Å². The van der Waals surface area contributed by atoms with E-state index >= 15 is 0 Å². The van der Waals surface area contributed by atoms with Crippen LogP contribution in [0, 0.1) is 6.92 Å². The molecule has 0 amide bonds. The molecule has 0 aliphatic rings. The summed E-state index contributed by atoms with van der Waals surface area (Å²) in [6, 6.07) is 16.3. The molecule has 0 unspecified atom stereocenters. The minimum absolute atomic E-state index is 0.854. The zero-order valence-corrected chi connectivity index (χ0v) is 12.5. The van der Waals surface area contributed by atoms with Gasteiger partial charge in [0.05, 0.1) is 0 Å². The van der Waals surface area contributed by atoms with Crippen molar-refractivity contribution < 1.29 is 0 Å². The maximum atomic E-state index is 5.38. The maximum absolute atomic E-state index is 5.38. The lowest BCUT2D eigenvalue weighted by Gasteiger charge is -2.00. The van der Waals surface area contributed by atoms with Gasteiger partial charge in [-0.05, 0) is 35.8 Å². The fraction of sp³-hybridized carbons (Fsp3) is 0.0625. The van der Waals surface area contributed by atoms with Crippen molar-refractivity contribution >= 4 is 39.1 Å². The van der Waals surface area contributed by atoms with Gasteiger partial charge in [-0.15, -0.1) is 0 Å². The van der Waals surface area contributed by atoms with Crippen LogP contribution in [0.3, 0.4) is 0 Å². The van der Waals surface area contributed by atoms with Crippen molar-refractivity contribution in [3.05, 3.63) is 75.8 Å². The number of hydrogen-bond acceptors (Lipinski definition) is 1. The number of halogens is 1. The summed E-state index contributed by atoms with van der Waals surface area (Å²) >= 11 is 8.91. The van der Waals surface area contributed by atoms with Gasteiger partial charge in [-0.2, -0.15) is 0 Å². The van der Waals surface area contributed by atoms with Crippen molar-refractivity contribution in [2.75, 3.05) is 0 Å². The molecule has 2 heteroatoms. The van der Waals surface area contributed by atoms with E-state index in [0.29, 0.717) is 0 Å². The molecule has 0 radical (unpaired) electrons. The highest BCUT2D eigenvalue weighted by Gasteiger charge is 1.97. The molecular weight excluding hydrogens is 304 g/mol. The second kappa shape index (κ2) is 6.07. The van der Waals surface area contributed by atoms with Crippen LogP contribution in [0.1, 0.15) is 16.7 Å². The maximum Gasteiger partial charge on any atom is 0.0449 e. The smallest absolute Gasteiger partial charge is 0.0449 e. The molecule has 0 saturated heterocycles. The summed E-state index contributed by atoms with van der Waals surface area (Å²) in [5, 5.41) is 0. The van der Waals surface area contributed by atoms with Crippen LogP contribution < -0.4 is 0 Å². The Morgan fingerprint density at radius 1 is 1.11 bits per heavy atom. The molecule has 90 valence electrons. The van der Waals surface area contributed by atoms with E-state index in [0.717, 1.165) is 20.5 Å². The minimum atomic E-state index is 0.854. The first-order valence-electron chi connectivity index (χ1n) is 5.70. The van der Waals surface area contributed by atoms with Crippen LogP contribution in [0.15, 0.2) is 59.1 Å². The van der Waals surface area contributed by atoms with Crippen molar-refractivity contribution in [3.8, 4) is 0 Å². The molecule has 2 aromatic carbocycles. The molecule has 2 aromatic rings. The van der Waals surface area contributed by atoms with E-state index in [1.807, 2.05) is 42.5 Å². The van der Waals surface area contributed by atoms with Crippen LogP contribution in [0.2, 0.25) is 0 Å². The average molecular weight is 317 g/mol. The third-order valence-electron chi connectivity index (χ3n) is 2.68. The second-order valence-electron chi connectivity index (χ2n) is 4.07. The number of benzene rings is 2. The number of rotatable bonds is 3. The monoisotopic (exact) mass is 316 g/mol. The third kappa shape index (κ3) is 3.37. The molecule has 0 atom stereocenters. The van der Waals surface area contributed by atoms with Gasteiger partial charge in [-0.1, -0.05) is 76.7 Å². The molecule has 0 aliphatic heterocycles. The van der Waals surface area contributed by atoms with Crippen LogP contribution in [-0.2, 0) is 0 Å². The van der Waals surface area contributed by atoms with Crippen molar-refractivity contribution in [1.29, 1.82) is 0 Å². The minimum Gasteiger partial charge on any atom is -0.0795 e. The van der Waals surface area contributed by atoms with E-state index < -0.39 is 0 Å². The molecule has 0 nitrogen and oxygen atoms in total. The fourth-order valence-electron chi connectivity index (χ4n) is 1.58. The van der Waals surface area contributed by atoms with Crippen molar-refractivity contribution in [3.63, 3.8) is 0 Å². The average Bonchev–Trinajstić information content (AvgIpc) is 2.41. The Morgan fingerprint density at radius 2 is 1.83 bits per heavy atom. The predicted octanol–water partition coefficient (Wildman–Crippen LogP) is 5.19. The van der Waals surface area contributed by atoms with Gasteiger partial charge < -0.3 is 0 Å². The molecular formula is C16H13BrS. The lowest BCUT2D eigenvalue weighted by molar-refractivity contribution is 1.42. The van der Waals surface area contributed by atoms with E-state index in [1.54, 1.807) is 0 Å². The van der Waals surface area contributed by atoms with Gasteiger partial charge in [0, 0.05) is 9.34 Å². The molecule has 0 spiro atoms. The van der Waals surface area contributed by atoms with Crippen LogP contribution in [0.5, 0.6) is 0 Å². The Bertz CT molecular complexity index is 585. The standard InChI is InChI=1S/C16H13BrS/c1-12-7-8-13(11-15(12)17)9-10-16(18)14-5-3-2-4-6-14/h2-11H,1H3. The van der Waals surface area contributed by atoms with E-state index in [-0.39, 0.29) is 0 Å². The lowest BCUT2D eigenvalue weighted by atomic mass is 10.1. The molecule has 0 aromatic heterocycles. The summed E-state index contributed by atoms with van der Waals surface area (Å²) in [7, 11) is 0. The van der Waals surface area contributed by atoms with Gasteiger partial charge in [0.2, 0.25) is 0 Å². The molecule has 0 fully saturated rings. The van der Waals surface area contributed by atoms with E-state index in [4.69, 9.17) is 12.2 Å². The zero-order valence-electron chi connectivity index (χ0n) is 10.1. The first-order chi connectivity index (χ1) is 8.66. The molecule has 0 heterocycles. The molecule has 0 aliphatic carbocycles. The van der Waals surface area contributed by atoms with Crippen LogP contribution in [-0.4, -0.2) is 4.86 Å². The van der Waals surface area contributed by atoms with E-state index in [2.05, 4.69) is 41.1 Å². The molecule has 0 bridgehead atoms. The third-order valence-corrected chi connectivity index (χ3v) is 3.91. The van der Waals surface area contributed by atoms with Gasteiger partial charge in [0.1, 0.15) is 0 Å². The van der Waals surface area contributed by atoms with Crippen LogP contribution in [0.25, 0.3) is 6.08 Å². The topological polar surface area (TPSA) is 0 Å². The number of aryl methyl sites for hydroxylation is 1. The largest absolute Gasteiger partial charge is 0.0795 e. The Balaban J connectivity index is 2.16. The quantitative estimate of drug-likeness (QED) is 0.426. The second-order valence-corrected chi connectivity index (χ2v) is 5.37. The van der Waals surface area contributed by atoms with E-state index in [1.165, 1.54) is 5.56 Å². The van der Waals surface area contributed by atoms with E-state index in [9.17, 15) is 0 Å². The molecule has 2 rings (SSSR count). The number of hydrogen-bond donors (Lipinski definition) is 0. The first-order valence-corrected chi connectivity index (χ1v) is 6.90. The molecule has 0 saturated carbocycles. The highest BCUT2D eigenvalue weighted by atomic mass is 79.9. The lowest BCUT2D eigenvalue weighted by Crippen LogP contribution is -1.90. The molecule has 18 heavy (non-hydrogen) atoms. The van der Waals surface area contributed by atoms with Gasteiger partial charge in [0.25, 0.3) is 0 Å². The number of allylic oxidation sites excluding steroid dienone is 1. The summed E-state index contributed by atoms with van der Waals surface area (Å²) in [4.78, 5) is 0.854. The van der Waals surface area contributed by atoms with Crippen molar-refractivity contribution in [1.82, 2.24) is 0 Å². The molecule has 0 N–H and O–H groups in total. The predicted molar refractivity (Wildman–Crippen MR) is 86.1 cm³/mol. The fourth-order valence-corrected chi connectivity index (χ4v) is 2.18. The van der Waals surface area contributed by atoms with Crippen molar-refractivity contribution in [2.45, 2.75) is 6.92 Å². The van der Waals surface area contributed by atoms with Gasteiger partial charge in [-0.25, -0.2) is 0 Å².